The molecule has 0 saturated heterocycles. The van der Waals surface area contributed by atoms with Gasteiger partial charge in [-0.25, -0.2) is 0 Å². The van der Waals surface area contributed by atoms with Gasteiger partial charge in [-0.15, -0.1) is 0 Å². The molecule has 0 aromatic heterocycles. The lowest BCUT2D eigenvalue weighted by atomic mass is 9.55. The van der Waals surface area contributed by atoms with Crippen LogP contribution in [0.4, 0.5) is 0 Å². The molecule has 0 heterocycles. The van der Waals surface area contributed by atoms with Gasteiger partial charge in [-0.05, 0) is 67.6 Å². The van der Waals surface area contributed by atoms with Crippen LogP contribution in [0.1, 0.15) is 83.5 Å². The summed E-state index contributed by atoms with van der Waals surface area (Å²) in [7, 11) is 0. The Morgan fingerprint density at radius 1 is 0.722 bits per heavy atom. The summed E-state index contributed by atoms with van der Waals surface area (Å²) < 4.78 is 0. The van der Waals surface area contributed by atoms with E-state index in [1.54, 1.807) is 57.8 Å². The molecule has 0 aromatic carbocycles. The minimum Gasteiger partial charge on any atom is -0.0530 e. The summed E-state index contributed by atoms with van der Waals surface area (Å²) in [6, 6.07) is 0. The Morgan fingerprint density at radius 2 is 1.44 bits per heavy atom. The second-order valence-corrected chi connectivity index (χ2v) is 7.71. The molecule has 1 radical (unpaired) electrons. The lowest BCUT2D eigenvalue weighted by Gasteiger charge is -2.50. The van der Waals surface area contributed by atoms with E-state index >= 15 is 0 Å². The predicted molar refractivity (Wildman–Crippen MR) is 76.2 cm³/mol. The molecule has 4 aliphatic carbocycles. The molecular weight excluding hydrogens is 216 g/mol. The van der Waals surface area contributed by atoms with Crippen molar-refractivity contribution in [3.8, 4) is 0 Å². The van der Waals surface area contributed by atoms with Crippen LogP contribution in [-0.2, 0) is 0 Å². The summed E-state index contributed by atoms with van der Waals surface area (Å²) in [4.78, 5) is 0. The lowest BCUT2D eigenvalue weighted by molar-refractivity contribution is 0.109. The highest BCUT2D eigenvalue weighted by Crippen LogP contribution is 2.65. The SMILES string of the molecule is C1CCC2[C](C34CCCC3CCC4)CCCC2C1. The molecule has 101 valence electrons. The number of hydrogen-bond acceptors (Lipinski definition) is 0. The molecule has 0 N–H and O–H groups in total. The Labute approximate surface area is 113 Å². The fraction of sp³-hybridized carbons (Fsp3) is 0.944. The Morgan fingerprint density at radius 3 is 2.28 bits per heavy atom. The van der Waals surface area contributed by atoms with Gasteiger partial charge in [0.15, 0.2) is 0 Å². The summed E-state index contributed by atoms with van der Waals surface area (Å²) >= 11 is 0. The quantitative estimate of drug-likeness (QED) is 0.570. The van der Waals surface area contributed by atoms with E-state index in [4.69, 9.17) is 0 Å². The van der Waals surface area contributed by atoms with Crippen molar-refractivity contribution in [2.75, 3.05) is 0 Å². The van der Waals surface area contributed by atoms with Crippen molar-refractivity contribution >= 4 is 0 Å². The van der Waals surface area contributed by atoms with Crippen LogP contribution < -0.4 is 0 Å². The summed E-state index contributed by atoms with van der Waals surface area (Å²) in [5, 5.41) is 0. The van der Waals surface area contributed by atoms with Crippen LogP contribution in [-0.4, -0.2) is 0 Å². The van der Waals surface area contributed by atoms with Crippen LogP contribution in [0.25, 0.3) is 0 Å². The van der Waals surface area contributed by atoms with Gasteiger partial charge in [0.1, 0.15) is 0 Å². The minimum absolute atomic E-state index is 0.778. The zero-order valence-electron chi connectivity index (χ0n) is 11.9. The van der Waals surface area contributed by atoms with Crippen molar-refractivity contribution in [1.29, 1.82) is 0 Å². The first-order chi connectivity index (χ1) is 8.90. The largest absolute Gasteiger partial charge is 0.0530 e. The molecule has 0 heteroatoms. The average molecular weight is 245 g/mol. The van der Waals surface area contributed by atoms with E-state index in [0.717, 1.165) is 23.2 Å². The molecule has 4 rings (SSSR count). The second kappa shape index (κ2) is 4.53. The number of hydrogen-bond donors (Lipinski definition) is 0. The molecule has 0 bridgehead atoms. The molecule has 0 nitrogen and oxygen atoms in total. The Balaban J connectivity index is 1.62. The summed E-state index contributed by atoms with van der Waals surface area (Å²) in [6.07, 6.45) is 20.2. The lowest BCUT2D eigenvalue weighted by Crippen LogP contribution is -2.40. The van der Waals surface area contributed by atoms with Gasteiger partial charge >= 0.3 is 0 Å². The first-order valence-electron chi connectivity index (χ1n) is 8.76. The molecular formula is C18H29. The van der Waals surface area contributed by atoms with Gasteiger partial charge < -0.3 is 0 Å². The normalized spacial score (nSPS) is 49.0. The summed E-state index contributed by atoms with van der Waals surface area (Å²) in [5.41, 5.74) is 0.778. The van der Waals surface area contributed by atoms with Crippen molar-refractivity contribution in [1.82, 2.24) is 0 Å². The van der Waals surface area contributed by atoms with Crippen LogP contribution in [0.15, 0.2) is 0 Å². The maximum absolute atomic E-state index is 2.12. The topological polar surface area (TPSA) is 0 Å². The summed E-state index contributed by atoms with van der Waals surface area (Å²) in [6.45, 7) is 0. The van der Waals surface area contributed by atoms with Crippen LogP contribution in [0.5, 0.6) is 0 Å². The molecule has 2 atom stereocenters. The molecule has 2 unspecified atom stereocenters. The van der Waals surface area contributed by atoms with Gasteiger partial charge in [-0.3, -0.25) is 0 Å². The third-order valence-corrected chi connectivity index (χ3v) is 7.15. The van der Waals surface area contributed by atoms with Gasteiger partial charge in [-0.2, -0.15) is 0 Å². The molecule has 4 fully saturated rings. The van der Waals surface area contributed by atoms with Crippen LogP contribution in [0, 0.1) is 29.1 Å². The van der Waals surface area contributed by atoms with Crippen molar-refractivity contribution in [2.45, 2.75) is 83.5 Å². The van der Waals surface area contributed by atoms with Crippen LogP contribution >= 0.6 is 0 Å². The molecule has 0 aromatic rings. The maximum atomic E-state index is 2.12. The van der Waals surface area contributed by atoms with Crippen LogP contribution in [0.2, 0.25) is 0 Å². The molecule has 4 saturated carbocycles. The first-order valence-corrected chi connectivity index (χ1v) is 8.76. The van der Waals surface area contributed by atoms with E-state index in [1.165, 1.54) is 25.7 Å². The van der Waals surface area contributed by atoms with Crippen molar-refractivity contribution < 1.29 is 0 Å². The smallest absolute Gasteiger partial charge is 0.0143 e. The minimum atomic E-state index is 0.778. The zero-order chi connectivity index (χ0) is 12.0. The predicted octanol–water partition coefficient (Wildman–Crippen LogP) is 5.52. The number of fused-ring (bicyclic) bond motifs is 2. The standard InChI is InChI=1S/C18H29/c1-2-10-16-14(6-1)7-3-11-17(16)18-12-4-8-15(18)9-5-13-18/h14-16H,1-13H2. The van der Waals surface area contributed by atoms with Crippen molar-refractivity contribution in [3.05, 3.63) is 5.92 Å². The van der Waals surface area contributed by atoms with E-state index < -0.39 is 0 Å². The van der Waals surface area contributed by atoms with Crippen LogP contribution in [0.3, 0.4) is 0 Å². The molecule has 0 amide bonds. The zero-order valence-corrected chi connectivity index (χ0v) is 11.9. The number of rotatable bonds is 1. The second-order valence-electron chi connectivity index (χ2n) is 7.71. The highest BCUT2D eigenvalue weighted by molar-refractivity contribution is 5.19. The Bertz CT molecular complexity index is 293. The molecule has 18 heavy (non-hydrogen) atoms. The first kappa shape index (κ1) is 11.8. The van der Waals surface area contributed by atoms with E-state index in [1.807, 2.05) is 0 Å². The van der Waals surface area contributed by atoms with E-state index in [9.17, 15) is 0 Å². The Hall–Kier alpha value is 0. The fourth-order valence-electron chi connectivity index (χ4n) is 6.51. The molecule has 4 aliphatic rings. The third kappa shape index (κ3) is 1.63. The van der Waals surface area contributed by atoms with Crippen molar-refractivity contribution in [2.24, 2.45) is 23.2 Å². The summed E-state index contributed by atoms with van der Waals surface area (Å²) in [5.74, 6) is 5.43. The molecule has 0 aliphatic heterocycles. The van der Waals surface area contributed by atoms with E-state index in [0.29, 0.717) is 0 Å². The molecule has 0 spiro atoms. The van der Waals surface area contributed by atoms with Gasteiger partial charge in [-0.1, -0.05) is 44.9 Å². The van der Waals surface area contributed by atoms with E-state index in [2.05, 4.69) is 5.92 Å². The van der Waals surface area contributed by atoms with Gasteiger partial charge in [0.05, 0.1) is 0 Å². The Kier molecular flexibility index (Phi) is 2.97. The average Bonchev–Trinajstić information content (AvgIpc) is 2.98. The third-order valence-electron chi connectivity index (χ3n) is 7.15. The van der Waals surface area contributed by atoms with Gasteiger partial charge in [0.25, 0.3) is 0 Å². The maximum Gasteiger partial charge on any atom is -0.0143 e. The van der Waals surface area contributed by atoms with Gasteiger partial charge in [0, 0.05) is 0 Å². The monoisotopic (exact) mass is 245 g/mol. The van der Waals surface area contributed by atoms with E-state index in [-0.39, 0.29) is 0 Å². The highest BCUT2D eigenvalue weighted by Gasteiger charge is 2.54. The highest BCUT2D eigenvalue weighted by atomic mass is 14.6. The van der Waals surface area contributed by atoms with Gasteiger partial charge in [0.2, 0.25) is 0 Å². The van der Waals surface area contributed by atoms with Crippen molar-refractivity contribution in [3.63, 3.8) is 0 Å². The fourth-order valence-corrected chi connectivity index (χ4v) is 6.51.